The van der Waals surface area contributed by atoms with E-state index in [4.69, 9.17) is 9.47 Å². The van der Waals surface area contributed by atoms with E-state index in [9.17, 15) is 4.46 Å². The minimum absolute atomic E-state index is 0.697. The molecule has 0 saturated carbocycles. The number of hydrogen-bond donors (Lipinski definition) is 0. The lowest BCUT2D eigenvalue weighted by atomic mass is 10.3. The van der Waals surface area contributed by atoms with E-state index in [2.05, 4.69) is 0 Å². The average molecular weight is 174 g/mol. The van der Waals surface area contributed by atoms with E-state index in [1.54, 1.807) is 13.0 Å². The molecule has 0 radical (unpaired) electrons. The van der Waals surface area contributed by atoms with Crippen LogP contribution in [0.2, 0.25) is 0 Å². The molecule has 0 heterocycles. The summed E-state index contributed by atoms with van der Waals surface area (Å²) in [6.45, 7) is 3.56. The molecule has 0 amide bonds. The van der Waals surface area contributed by atoms with Crippen LogP contribution in [0.4, 0.5) is 0 Å². The van der Waals surface area contributed by atoms with Crippen molar-refractivity contribution in [1.82, 2.24) is 0 Å². The maximum absolute atomic E-state index is 10.7. The molecule has 0 saturated heterocycles. The van der Waals surface area contributed by atoms with Gasteiger partial charge >= 0.3 is 0 Å². The number of ether oxygens (including phenoxy) is 2. The van der Waals surface area contributed by atoms with Gasteiger partial charge in [0.15, 0.2) is 5.79 Å². The molecule has 64 valence electrons. The van der Waals surface area contributed by atoms with Crippen molar-refractivity contribution in [2.45, 2.75) is 19.6 Å². The van der Waals surface area contributed by atoms with Crippen LogP contribution in [0.15, 0.2) is 11.3 Å². The van der Waals surface area contributed by atoms with Crippen LogP contribution in [-0.4, -0.2) is 29.4 Å². The predicted octanol–water partition coefficient (Wildman–Crippen LogP) is 0.681. The van der Waals surface area contributed by atoms with Crippen molar-refractivity contribution in [3.8, 4) is 0 Å². The molecule has 0 aliphatic heterocycles. The van der Waals surface area contributed by atoms with E-state index in [1.807, 2.05) is 6.92 Å². The standard InChI is InChI=1S/C7H14O3Si/c1-5-6(11-8)7(2,9-3)10-4/h5,11H,1-4H3. The molecule has 0 atom stereocenters. The summed E-state index contributed by atoms with van der Waals surface area (Å²) < 4.78 is 20.8. The number of allylic oxidation sites excluding steroid dienone is 1. The van der Waals surface area contributed by atoms with E-state index < -0.39 is 15.2 Å². The summed E-state index contributed by atoms with van der Waals surface area (Å²) in [5.41, 5.74) is 0. The minimum Gasteiger partial charge on any atom is -0.386 e. The Morgan fingerprint density at radius 2 is 1.91 bits per heavy atom. The second-order valence-corrected chi connectivity index (χ2v) is 3.07. The van der Waals surface area contributed by atoms with Gasteiger partial charge in [0.05, 0.1) is 0 Å². The summed E-state index contributed by atoms with van der Waals surface area (Å²) >= 11 is 0. The van der Waals surface area contributed by atoms with Crippen molar-refractivity contribution >= 4 is 9.41 Å². The Hall–Kier alpha value is -0.323. The van der Waals surface area contributed by atoms with E-state index in [1.165, 1.54) is 14.2 Å². The van der Waals surface area contributed by atoms with Gasteiger partial charge in [-0.25, -0.2) is 0 Å². The number of rotatable bonds is 4. The second kappa shape index (κ2) is 4.53. The topological polar surface area (TPSA) is 35.5 Å². The fourth-order valence-electron chi connectivity index (χ4n) is 0.756. The SMILES string of the molecule is CC=C([SiH]=O)C(C)(OC)OC. The Morgan fingerprint density at radius 1 is 1.45 bits per heavy atom. The molecule has 3 nitrogen and oxygen atoms in total. The Bertz CT molecular complexity index is 161. The van der Waals surface area contributed by atoms with Gasteiger partial charge in [-0.2, -0.15) is 0 Å². The van der Waals surface area contributed by atoms with Crippen LogP contribution in [0, 0.1) is 0 Å². The molecule has 0 spiro atoms. The maximum atomic E-state index is 10.7. The molecule has 0 aromatic carbocycles. The third-order valence-corrected chi connectivity index (χ3v) is 2.85. The fraction of sp³-hybridized carbons (Fsp3) is 0.714. The van der Waals surface area contributed by atoms with Crippen LogP contribution in [0.1, 0.15) is 13.8 Å². The van der Waals surface area contributed by atoms with Crippen LogP contribution in [0.5, 0.6) is 0 Å². The van der Waals surface area contributed by atoms with Crippen molar-refractivity contribution in [3.63, 3.8) is 0 Å². The fourth-order valence-corrected chi connectivity index (χ4v) is 1.34. The molecule has 0 aromatic heterocycles. The van der Waals surface area contributed by atoms with Crippen LogP contribution < -0.4 is 0 Å². The zero-order valence-electron chi connectivity index (χ0n) is 7.38. The monoisotopic (exact) mass is 174 g/mol. The highest BCUT2D eigenvalue weighted by Crippen LogP contribution is 2.18. The van der Waals surface area contributed by atoms with Crippen LogP contribution in [-0.2, 0) is 13.9 Å². The van der Waals surface area contributed by atoms with Gasteiger partial charge in [0.1, 0.15) is 0 Å². The van der Waals surface area contributed by atoms with Crippen LogP contribution >= 0.6 is 0 Å². The minimum atomic E-state index is -0.981. The van der Waals surface area contributed by atoms with Crippen molar-refractivity contribution < 1.29 is 13.9 Å². The molecule has 0 unspecified atom stereocenters. The number of methoxy groups -OCH3 is 2. The highest BCUT2D eigenvalue weighted by molar-refractivity contribution is 6.29. The van der Waals surface area contributed by atoms with Gasteiger partial charge in [-0.3, -0.25) is 0 Å². The summed E-state index contributed by atoms with van der Waals surface area (Å²) in [7, 11) is 2.08. The molecule has 0 N–H and O–H groups in total. The Morgan fingerprint density at radius 3 is 2.00 bits per heavy atom. The van der Waals surface area contributed by atoms with E-state index in [0.717, 1.165) is 0 Å². The average Bonchev–Trinajstić information content (AvgIpc) is 2.06. The normalized spacial score (nSPS) is 13.3. The molecule has 0 aliphatic rings. The zero-order valence-corrected chi connectivity index (χ0v) is 8.53. The summed E-state index contributed by atoms with van der Waals surface area (Å²) in [6.07, 6.45) is 1.76. The third-order valence-electron chi connectivity index (χ3n) is 1.74. The molecule has 11 heavy (non-hydrogen) atoms. The van der Waals surface area contributed by atoms with Gasteiger partial charge in [0.25, 0.3) is 9.41 Å². The van der Waals surface area contributed by atoms with E-state index in [-0.39, 0.29) is 0 Å². The van der Waals surface area contributed by atoms with Crippen molar-refractivity contribution in [2.75, 3.05) is 14.2 Å². The molecular formula is C7H14O3Si. The molecule has 0 fully saturated rings. The largest absolute Gasteiger partial charge is 0.386 e. The lowest BCUT2D eigenvalue weighted by Crippen LogP contribution is -2.33. The van der Waals surface area contributed by atoms with Gasteiger partial charge in [-0.15, -0.1) is 0 Å². The Kier molecular flexibility index (Phi) is 4.40. The van der Waals surface area contributed by atoms with Crippen molar-refractivity contribution in [1.29, 1.82) is 0 Å². The van der Waals surface area contributed by atoms with Gasteiger partial charge in [0, 0.05) is 19.4 Å². The van der Waals surface area contributed by atoms with Crippen molar-refractivity contribution in [3.05, 3.63) is 11.3 Å². The van der Waals surface area contributed by atoms with E-state index >= 15 is 0 Å². The first-order chi connectivity index (χ1) is 5.14. The third kappa shape index (κ3) is 2.32. The smallest absolute Gasteiger partial charge is 0.297 e. The van der Waals surface area contributed by atoms with Crippen LogP contribution in [0.3, 0.4) is 0 Å². The lowest BCUT2D eigenvalue weighted by molar-refractivity contribution is -0.159. The predicted molar refractivity (Wildman–Crippen MR) is 44.0 cm³/mol. The molecule has 4 heteroatoms. The molecule has 0 rings (SSSR count). The molecular weight excluding hydrogens is 160 g/mol. The highest BCUT2D eigenvalue weighted by Gasteiger charge is 2.27. The summed E-state index contributed by atoms with van der Waals surface area (Å²) in [4.78, 5) is 0. The first-order valence-electron chi connectivity index (χ1n) is 3.37. The summed E-state index contributed by atoms with van der Waals surface area (Å²) in [6, 6.07) is 0. The Balaban J connectivity index is 4.59. The van der Waals surface area contributed by atoms with Gasteiger partial charge < -0.3 is 13.9 Å². The highest BCUT2D eigenvalue weighted by atomic mass is 28.2. The Labute approximate surface area is 69.3 Å². The maximum Gasteiger partial charge on any atom is 0.297 e. The van der Waals surface area contributed by atoms with E-state index in [0.29, 0.717) is 5.20 Å². The molecule has 0 aliphatic carbocycles. The van der Waals surface area contributed by atoms with Gasteiger partial charge in [0.2, 0.25) is 0 Å². The van der Waals surface area contributed by atoms with Crippen molar-refractivity contribution in [2.24, 2.45) is 0 Å². The first kappa shape index (κ1) is 10.7. The summed E-state index contributed by atoms with van der Waals surface area (Å²) in [5, 5.41) is 0.697. The molecule has 0 aromatic rings. The second-order valence-electron chi connectivity index (χ2n) is 2.22. The first-order valence-corrected chi connectivity index (χ1v) is 4.41. The van der Waals surface area contributed by atoms with Crippen LogP contribution in [0.25, 0.3) is 0 Å². The molecule has 0 bridgehead atoms. The number of hydrogen-bond acceptors (Lipinski definition) is 3. The quantitative estimate of drug-likeness (QED) is 0.464. The lowest BCUT2D eigenvalue weighted by Gasteiger charge is -2.26. The van der Waals surface area contributed by atoms with Gasteiger partial charge in [-0.1, -0.05) is 6.08 Å². The van der Waals surface area contributed by atoms with Gasteiger partial charge in [-0.05, 0) is 13.8 Å². The summed E-state index contributed by atoms with van der Waals surface area (Å²) in [5.74, 6) is -0.814. The zero-order chi connectivity index (χ0) is 8.91.